The molecule has 1 aromatic heterocycles. The van der Waals surface area contributed by atoms with Crippen LogP contribution in [0, 0.1) is 5.92 Å². The van der Waals surface area contributed by atoms with E-state index in [4.69, 9.17) is 23.2 Å². The van der Waals surface area contributed by atoms with E-state index in [1.54, 1.807) is 6.20 Å². The maximum absolute atomic E-state index is 5.95. The van der Waals surface area contributed by atoms with Gasteiger partial charge in [0.2, 0.25) is 0 Å². The number of halogens is 2. The monoisotopic (exact) mass is 292 g/mol. The average molecular weight is 293 g/mol. The predicted octanol–water partition coefficient (Wildman–Crippen LogP) is 4.95. The number of nitrogens with one attached hydrogen (secondary N) is 1. The third kappa shape index (κ3) is 3.20. The number of pyridine rings is 1. The number of benzene rings is 1. The first-order valence-corrected chi connectivity index (χ1v) is 7.11. The molecule has 4 heteroatoms. The summed E-state index contributed by atoms with van der Waals surface area (Å²) in [6.07, 6.45) is 4.24. The van der Waals surface area contributed by atoms with E-state index in [9.17, 15) is 0 Å². The molecule has 0 saturated heterocycles. The van der Waals surface area contributed by atoms with Gasteiger partial charge in [0.15, 0.2) is 0 Å². The minimum atomic E-state index is 0.315. The Hall–Kier alpha value is -1.25. The first-order valence-electron chi connectivity index (χ1n) is 6.36. The van der Waals surface area contributed by atoms with E-state index in [0.717, 1.165) is 10.7 Å². The van der Waals surface area contributed by atoms with Crippen molar-refractivity contribution in [1.82, 2.24) is 4.98 Å². The minimum Gasteiger partial charge on any atom is -0.378 e. The smallest absolute Gasteiger partial charge is 0.131 e. The van der Waals surface area contributed by atoms with Crippen molar-refractivity contribution in [1.29, 1.82) is 0 Å². The summed E-state index contributed by atoms with van der Waals surface area (Å²) in [6.45, 7) is 0. The van der Waals surface area contributed by atoms with Crippen LogP contribution in [0.3, 0.4) is 0 Å². The van der Waals surface area contributed by atoms with E-state index in [-0.39, 0.29) is 0 Å². The summed E-state index contributed by atoms with van der Waals surface area (Å²) in [5, 5.41) is 4.83. The molecule has 0 bridgehead atoms. The van der Waals surface area contributed by atoms with Crippen molar-refractivity contribution in [2.45, 2.75) is 18.9 Å². The van der Waals surface area contributed by atoms with Crippen molar-refractivity contribution in [3.05, 3.63) is 58.3 Å². The van der Waals surface area contributed by atoms with E-state index in [2.05, 4.69) is 22.4 Å². The number of hydrogen-bond donors (Lipinski definition) is 1. The zero-order valence-electron chi connectivity index (χ0n) is 10.3. The van der Waals surface area contributed by atoms with E-state index in [1.165, 1.54) is 18.4 Å². The van der Waals surface area contributed by atoms with Crippen molar-refractivity contribution >= 4 is 28.9 Å². The fourth-order valence-corrected chi connectivity index (χ4v) is 2.54. The molecule has 1 aliphatic carbocycles. The standard InChI is InChI=1S/C15H14Cl2N2/c16-12-5-3-11(4-6-12)15(10-1-2-10)19-13-7-8-18-14(17)9-13/h3-10,15H,1-2H2,(H,18,19). The second-order valence-electron chi connectivity index (χ2n) is 4.88. The molecule has 1 heterocycles. The van der Waals surface area contributed by atoms with Gasteiger partial charge in [0.05, 0.1) is 6.04 Å². The van der Waals surface area contributed by atoms with Crippen LogP contribution >= 0.6 is 23.2 Å². The Morgan fingerprint density at radius 2 is 1.84 bits per heavy atom. The van der Waals surface area contributed by atoms with Gasteiger partial charge in [0.1, 0.15) is 5.15 Å². The molecule has 0 aliphatic heterocycles. The molecule has 0 radical (unpaired) electrons. The van der Waals surface area contributed by atoms with Crippen LogP contribution in [-0.4, -0.2) is 4.98 Å². The summed E-state index contributed by atoms with van der Waals surface area (Å²) in [7, 11) is 0. The van der Waals surface area contributed by atoms with Gasteiger partial charge >= 0.3 is 0 Å². The Morgan fingerprint density at radius 1 is 1.11 bits per heavy atom. The molecule has 1 aromatic carbocycles. The van der Waals surface area contributed by atoms with E-state index < -0.39 is 0 Å². The molecular weight excluding hydrogens is 279 g/mol. The lowest BCUT2D eigenvalue weighted by Gasteiger charge is -2.20. The molecule has 3 rings (SSSR count). The van der Waals surface area contributed by atoms with Gasteiger partial charge in [0.25, 0.3) is 0 Å². The maximum atomic E-state index is 5.95. The summed E-state index contributed by atoms with van der Waals surface area (Å²) in [5.74, 6) is 0.688. The third-order valence-electron chi connectivity index (χ3n) is 3.37. The van der Waals surface area contributed by atoms with Gasteiger partial charge in [-0.25, -0.2) is 4.98 Å². The highest BCUT2D eigenvalue weighted by Crippen LogP contribution is 2.43. The molecule has 1 atom stereocenters. The van der Waals surface area contributed by atoms with E-state index >= 15 is 0 Å². The quantitative estimate of drug-likeness (QED) is 0.807. The molecule has 1 fully saturated rings. The minimum absolute atomic E-state index is 0.315. The van der Waals surface area contributed by atoms with E-state index in [1.807, 2.05) is 24.3 Å². The first kappa shape index (κ1) is 12.8. The number of anilines is 1. The fourth-order valence-electron chi connectivity index (χ4n) is 2.24. The highest BCUT2D eigenvalue weighted by molar-refractivity contribution is 6.30. The van der Waals surface area contributed by atoms with Gasteiger partial charge in [-0.1, -0.05) is 35.3 Å². The molecule has 19 heavy (non-hydrogen) atoms. The lowest BCUT2D eigenvalue weighted by Crippen LogP contribution is -2.12. The van der Waals surface area contributed by atoms with Crippen LogP contribution in [0.4, 0.5) is 5.69 Å². The zero-order chi connectivity index (χ0) is 13.2. The van der Waals surface area contributed by atoms with Crippen molar-refractivity contribution in [3.8, 4) is 0 Å². The van der Waals surface area contributed by atoms with Gasteiger partial charge < -0.3 is 5.32 Å². The Balaban J connectivity index is 1.83. The topological polar surface area (TPSA) is 24.9 Å². The molecule has 1 unspecified atom stereocenters. The predicted molar refractivity (Wildman–Crippen MR) is 79.8 cm³/mol. The molecule has 1 saturated carbocycles. The fraction of sp³-hybridized carbons (Fsp3) is 0.267. The lowest BCUT2D eigenvalue weighted by molar-refractivity contribution is 0.679. The molecule has 98 valence electrons. The third-order valence-corrected chi connectivity index (χ3v) is 3.83. The van der Waals surface area contributed by atoms with Crippen LogP contribution in [0.25, 0.3) is 0 Å². The molecule has 0 spiro atoms. The maximum Gasteiger partial charge on any atom is 0.131 e. The molecule has 1 aliphatic rings. The van der Waals surface area contributed by atoms with E-state index in [0.29, 0.717) is 17.1 Å². The van der Waals surface area contributed by atoms with Crippen LogP contribution < -0.4 is 5.32 Å². The highest BCUT2D eigenvalue weighted by atomic mass is 35.5. The summed E-state index contributed by atoms with van der Waals surface area (Å²) >= 11 is 11.9. The molecule has 1 N–H and O–H groups in total. The summed E-state index contributed by atoms with van der Waals surface area (Å²) < 4.78 is 0. The number of aromatic nitrogens is 1. The van der Waals surface area contributed by atoms with Crippen molar-refractivity contribution in [2.24, 2.45) is 5.92 Å². The van der Waals surface area contributed by atoms with Gasteiger partial charge in [-0.2, -0.15) is 0 Å². The Kier molecular flexibility index (Phi) is 3.63. The average Bonchev–Trinajstić information content (AvgIpc) is 3.22. The number of nitrogens with zero attached hydrogens (tertiary/aromatic N) is 1. The largest absolute Gasteiger partial charge is 0.378 e. The lowest BCUT2D eigenvalue weighted by atomic mass is 10.0. The zero-order valence-corrected chi connectivity index (χ0v) is 11.8. The van der Waals surface area contributed by atoms with Crippen LogP contribution in [0.1, 0.15) is 24.4 Å². The highest BCUT2D eigenvalue weighted by Gasteiger charge is 2.32. The van der Waals surface area contributed by atoms with Crippen molar-refractivity contribution in [2.75, 3.05) is 5.32 Å². The Labute approximate surface area is 122 Å². The second kappa shape index (κ2) is 5.40. The van der Waals surface area contributed by atoms with Crippen LogP contribution in [0.5, 0.6) is 0 Å². The van der Waals surface area contributed by atoms with Crippen LogP contribution in [0.2, 0.25) is 10.2 Å². The summed E-state index contributed by atoms with van der Waals surface area (Å²) in [5.41, 5.74) is 2.27. The van der Waals surface area contributed by atoms with Gasteiger partial charge in [0, 0.05) is 16.9 Å². The summed E-state index contributed by atoms with van der Waals surface area (Å²) in [6, 6.07) is 12.2. The number of rotatable bonds is 4. The van der Waals surface area contributed by atoms with Gasteiger partial charge in [-0.3, -0.25) is 0 Å². The Morgan fingerprint density at radius 3 is 2.47 bits per heavy atom. The second-order valence-corrected chi connectivity index (χ2v) is 5.70. The molecule has 2 aromatic rings. The normalized spacial score (nSPS) is 16.1. The Bertz CT molecular complexity index is 565. The SMILES string of the molecule is Clc1ccc(C(Nc2ccnc(Cl)c2)C2CC2)cc1. The van der Waals surface area contributed by atoms with Gasteiger partial charge in [-0.15, -0.1) is 0 Å². The molecule has 0 amide bonds. The first-order chi connectivity index (χ1) is 9.22. The van der Waals surface area contributed by atoms with Crippen LogP contribution in [-0.2, 0) is 0 Å². The van der Waals surface area contributed by atoms with Crippen LogP contribution in [0.15, 0.2) is 42.6 Å². The van der Waals surface area contributed by atoms with Gasteiger partial charge in [-0.05, 0) is 48.6 Å². The number of hydrogen-bond acceptors (Lipinski definition) is 2. The van der Waals surface area contributed by atoms with Crippen molar-refractivity contribution < 1.29 is 0 Å². The van der Waals surface area contributed by atoms with Crippen molar-refractivity contribution in [3.63, 3.8) is 0 Å². The molecular formula is C15H14Cl2N2. The summed E-state index contributed by atoms with van der Waals surface area (Å²) in [4.78, 5) is 4.00. The molecule has 2 nitrogen and oxygen atoms in total.